The first-order valence-corrected chi connectivity index (χ1v) is 8.51. The summed E-state index contributed by atoms with van der Waals surface area (Å²) in [6.45, 7) is -1.14. The zero-order valence-corrected chi connectivity index (χ0v) is 14.7. The number of rotatable bonds is 5. The van der Waals surface area contributed by atoms with E-state index in [0.29, 0.717) is 16.4 Å². The van der Waals surface area contributed by atoms with Crippen LogP contribution in [0, 0.1) is 6.92 Å². The molecule has 0 aliphatic carbocycles. The lowest BCUT2D eigenvalue weighted by Gasteiger charge is -2.12. The summed E-state index contributed by atoms with van der Waals surface area (Å²) in [6.07, 6.45) is -4.49. The average molecular weight is 400 g/mol. The lowest BCUT2D eigenvalue weighted by molar-refractivity contribution is -0.136. The second kappa shape index (κ2) is 7.51. The zero-order valence-electron chi connectivity index (χ0n) is 13.8. The molecule has 9 heteroatoms. The van der Waals surface area contributed by atoms with Crippen LogP contribution in [0.1, 0.15) is 10.4 Å². The third-order valence-corrected chi connectivity index (χ3v) is 4.51. The molecule has 0 unspecified atom stereocenters. The number of para-hydroxylation sites is 1. The van der Waals surface area contributed by atoms with E-state index >= 15 is 0 Å². The third kappa shape index (κ3) is 4.54. The second-order valence-electron chi connectivity index (χ2n) is 5.50. The van der Waals surface area contributed by atoms with Gasteiger partial charge in [0.15, 0.2) is 5.13 Å². The summed E-state index contributed by atoms with van der Waals surface area (Å²) in [5.74, 6) is 0.0130. The average Bonchev–Trinajstić information content (AvgIpc) is 2.95. The molecule has 0 atom stereocenters. The topological polar surface area (TPSA) is 34.2 Å². The number of hydrogen-bond acceptors (Lipinski definition) is 4. The Morgan fingerprint density at radius 1 is 1.04 bits per heavy atom. The standard InChI is InChI=1S/C18H13F5N2OS/c1-10-15(11-6-8-12(9-7-11)26-16(19)20)25-17(27-10)24-14-5-3-2-4-13(14)18(21,22)23/h2-9,16H,1H3,(H,24,25). The molecule has 3 nitrogen and oxygen atoms in total. The first kappa shape index (κ1) is 19.1. The summed E-state index contributed by atoms with van der Waals surface area (Å²) in [4.78, 5) is 5.11. The number of aryl methyl sites for hydroxylation is 1. The van der Waals surface area contributed by atoms with Gasteiger partial charge in [-0.3, -0.25) is 0 Å². The number of anilines is 2. The molecule has 0 saturated carbocycles. The van der Waals surface area contributed by atoms with Crippen molar-refractivity contribution in [1.82, 2.24) is 4.98 Å². The molecule has 3 rings (SSSR count). The summed E-state index contributed by atoms with van der Waals surface area (Å²) in [7, 11) is 0. The summed E-state index contributed by atoms with van der Waals surface area (Å²) < 4.78 is 68.0. The third-order valence-electron chi connectivity index (χ3n) is 3.62. The van der Waals surface area contributed by atoms with E-state index in [2.05, 4.69) is 15.0 Å². The van der Waals surface area contributed by atoms with Gasteiger partial charge in [-0.05, 0) is 43.3 Å². The Morgan fingerprint density at radius 2 is 1.70 bits per heavy atom. The smallest absolute Gasteiger partial charge is 0.418 e. The maximum atomic E-state index is 13.1. The van der Waals surface area contributed by atoms with E-state index in [9.17, 15) is 22.0 Å². The predicted octanol–water partition coefficient (Wildman–Crippen LogP) is 6.48. The van der Waals surface area contributed by atoms with Gasteiger partial charge >= 0.3 is 12.8 Å². The molecule has 1 heterocycles. The Hall–Kier alpha value is -2.68. The van der Waals surface area contributed by atoms with E-state index in [1.54, 1.807) is 19.1 Å². The van der Waals surface area contributed by atoms with Crippen LogP contribution in [0.15, 0.2) is 48.5 Å². The van der Waals surface area contributed by atoms with E-state index in [4.69, 9.17) is 0 Å². The monoisotopic (exact) mass is 400 g/mol. The first-order valence-electron chi connectivity index (χ1n) is 7.70. The number of benzene rings is 2. The number of aromatic nitrogens is 1. The highest BCUT2D eigenvalue weighted by Gasteiger charge is 2.33. The maximum Gasteiger partial charge on any atom is 0.418 e. The number of halogens is 5. The van der Waals surface area contributed by atoms with E-state index in [-0.39, 0.29) is 11.4 Å². The minimum Gasteiger partial charge on any atom is -0.435 e. The molecule has 0 bridgehead atoms. The van der Waals surface area contributed by atoms with Gasteiger partial charge in [-0.2, -0.15) is 22.0 Å². The lowest BCUT2D eigenvalue weighted by atomic mass is 10.1. The second-order valence-corrected chi connectivity index (χ2v) is 6.70. The Bertz CT molecular complexity index is 922. The fraction of sp³-hybridized carbons (Fsp3) is 0.167. The van der Waals surface area contributed by atoms with Gasteiger partial charge in [0.05, 0.1) is 16.9 Å². The van der Waals surface area contributed by atoms with E-state index in [0.717, 1.165) is 10.9 Å². The summed E-state index contributed by atoms with van der Waals surface area (Å²) in [5.41, 5.74) is 0.317. The van der Waals surface area contributed by atoms with Crippen LogP contribution in [0.3, 0.4) is 0 Å². The molecule has 2 aromatic carbocycles. The fourth-order valence-corrected chi connectivity index (χ4v) is 3.31. The van der Waals surface area contributed by atoms with Crippen LogP contribution in [-0.2, 0) is 6.18 Å². The molecule has 0 amide bonds. The molecule has 0 spiro atoms. The number of nitrogens with zero attached hydrogens (tertiary/aromatic N) is 1. The Labute approximate surface area is 155 Å². The number of nitrogens with one attached hydrogen (secondary N) is 1. The molecule has 3 aromatic rings. The maximum absolute atomic E-state index is 13.1. The van der Waals surface area contributed by atoms with Crippen molar-refractivity contribution in [3.05, 3.63) is 59.0 Å². The van der Waals surface area contributed by atoms with Gasteiger partial charge in [0.2, 0.25) is 0 Å². The Balaban J connectivity index is 1.86. The molecule has 1 aromatic heterocycles. The Morgan fingerprint density at radius 3 is 2.33 bits per heavy atom. The van der Waals surface area contributed by atoms with Crippen LogP contribution in [0.4, 0.5) is 32.8 Å². The van der Waals surface area contributed by atoms with Gasteiger partial charge in [0.1, 0.15) is 5.75 Å². The van der Waals surface area contributed by atoms with Gasteiger partial charge < -0.3 is 10.1 Å². The van der Waals surface area contributed by atoms with Crippen molar-refractivity contribution in [1.29, 1.82) is 0 Å². The van der Waals surface area contributed by atoms with Crippen LogP contribution >= 0.6 is 11.3 Å². The van der Waals surface area contributed by atoms with Crippen molar-refractivity contribution in [3.8, 4) is 17.0 Å². The normalized spacial score (nSPS) is 11.7. The Kier molecular flexibility index (Phi) is 5.31. The zero-order chi connectivity index (χ0) is 19.6. The highest BCUT2D eigenvalue weighted by atomic mass is 32.1. The molecule has 1 N–H and O–H groups in total. The number of hydrogen-bond donors (Lipinski definition) is 1. The van der Waals surface area contributed by atoms with Gasteiger partial charge in [-0.25, -0.2) is 4.98 Å². The van der Waals surface area contributed by atoms with Crippen molar-refractivity contribution >= 4 is 22.2 Å². The molecule has 0 fully saturated rings. The molecule has 0 radical (unpaired) electrons. The van der Waals surface area contributed by atoms with E-state index in [1.807, 2.05) is 0 Å². The molecule has 0 aliphatic rings. The number of thiazole rings is 1. The summed E-state index contributed by atoms with van der Waals surface area (Å²) in [5, 5.41) is 3.01. The van der Waals surface area contributed by atoms with Gasteiger partial charge in [-0.15, -0.1) is 11.3 Å². The molecular weight excluding hydrogens is 387 g/mol. The van der Waals surface area contributed by atoms with Crippen LogP contribution < -0.4 is 10.1 Å². The highest BCUT2D eigenvalue weighted by Crippen LogP contribution is 2.38. The van der Waals surface area contributed by atoms with Crippen LogP contribution in [0.2, 0.25) is 0 Å². The summed E-state index contributed by atoms with van der Waals surface area (Å²) in [6, 6.07) is 11.0. The minimum atomic E-state index is -4.49. The largest absolute Gasteiger partial charge is 0.435 e. The highest BCUT2D eigenvalue weighted by molar-refractivity contribution is 7.16. The van der Waals surface area contributed by atoms with E-state index in [1.165, 1.54) is 41.7 Å². The van der Waals surface area contributed by atoms with Crippen LogP contribution in [0.5, 0.6) is 5.75 Å². The number of ether oxygens (including phenoxy) is 1. The molecule has 0 saturated heterocycles. The van der Waals surface area contributed by atoms with Crippen molar-refractivity contribution in [2.45, 2.75) is 19.7 Å². The quantitative estimate of drug-likeness (QED) is 0.498. The SMILES string of the molecule is Cc1sc(Nc2ccccc2C(F)(F)F)nc1-c1ccc(OC(F)F)cc1. The van der Waals surface area contributed by atoms with Crippen molar-refractivity contribution in [2.24, 2.45) is 0 Å². The van der Waals surface area contributed by atoms with Gasteiger partial charge in [-0.1, -0.05) is 12.1 Å². The van der Waals surface area contributed by atoms with Crippen LogP contribution in [-0.4, -0.2) is 11.6 Å². The van der Waals surface area contributed by atoms with E-state index < -0.39 is 18.4 Å². The van der Waals surface area contributed by atoms with Crippen molar-refractivity contribution < 1.29 is 26.7 Å². The molecular formula is C18H13F5N2OS. The molecule has 0 aliphatic heterocycles. The molecule has 142 valence electrons. The molecule has 27 heavy (non-hydrogen) atoms. The summed E-state index contributed by atoms with van der Waals surface area (Å²) >= 11 is 1.20. The lowest BCUT2D eigenvalue weighted by Crippen LogP contribution is -2.08. The van der Waals surface area contributed by atoms with Gasteiger partial charge in [0.25, 0.3) is 0 Å². The fourth-order valence-electron chi connectivity index (χ4n) is 2.47. The van der Waals surface area contributed by atoms with Crippen LogP contribution in [0.25, 0.3) is 11.3 Å². The van der Waals surface area contributed by atoms with Gasteiger partial charge in [0, 0.05) is 10.4 Å². The van der Waals surface area contributed by atoms with Crippen molar-refractivity contribution in [3.63, 3.8) is 0 Å². The minimum absolute atomic E-state index is 0.0130. The van der Waals surface area contributed by atoms with Crippen molar-refractivity contribution in [2.75, 3.05) is 5.32 Å². The predicted molar refractivity (Wildman–Crippen MR) is 93.6 cm³/mol. The number of alkyl halides is 5. The first-order chi connectivity index (χ1) is 12.7.